The second-order valence-electron chi connectivity index (χ2n) is 3.70. The van der Waals surface area contributed by atoms with Crippen molar-refractivity contribution >= 4 is 5.91 Å². The van der Waals surface area contributed by atoms with E-state index >= 15 is 0 Å². The highest BCUT2D eigenvalue weighted by molar-refractivity contribution is 5.79. The lowest BCUT2D eigenvalue weighted by molar-refractivity contribution is -0.234. The fraction of sp³-hybridized carbons (Fsp3) is 0.875. The quantitative estimate of drug-likeness (QED) is 0.379. The Morgan fingerprint density at radius 3 is 2.86 bits per heavy atom. The van der Waals surface area contributed by atoms with Crippen molar-refractivity contribution in [1.82, 2.24) is 5.32 Å². The molecule has 2 aliphatic rings. The average molecular weight is 203 g/mol. The van der Waals surface area contributed by atoms with Gasteiger partial charge in [-0.1, -0.05) is 0 Å². The molecule has 1 unspecified atom stereocenters. The fourth-order valence-electron chi connectivity index (χ4n) is 2.08. The Balaban J connectivity index is 2.15. The summed E-state index contributed by atoms with van der Waals surface area (Å²) < 4.78 is 4.95. The third-order valence-electron chi connectivity index (χ3n) is 2.83. The molecule has 0 saturated carbocycles. The molecular weight excluding hydrogens is 190 g/mol. The second kappa shape index (κ2) is 3.47. The van der Waals surface area contributed by atoms with Crippen molar-refractivity contribution in [2.45, 2.75) is 31.0 Å². The van der Waals surface area contributed by atoms with E-state index in [1.165, 1.54) is 0 Å². The van der Waals surface area contributed by atoms with E-state index < -0.39 is 24.5 Å². The summed E-state index contributed by atoms with van der Waals surface area (Å²) >= 11 is 0. The van der Waals surface area contributed by atoms with E-state index in [9.17, 15) is 15.0 Å². The number of fused-ring (bicyclic) bond motifs is 1. The minimum Gasteiger partial charge on any atom is -0.394 e. The van der Waals surface area contributed by atoms with Gasteiger partial charge in [-0.2, -0.15) is 0 Å². The Labute approximate surface area is 80.5 Å². The highest BCUT2D eigenvalue weighted by Crippen LogP contribution is 2.31. The summed E-state index contributed by atoms with van der Waals surface area (Å²) in [5.74, 6) is -0.580. The molecule has 80 valence electrons. The monoisotopic (exact) mass is 203 g/mol. The number of carbonyl (C=O) groups excluding carboxylic acids is 1. The Morgan fingerprint density at radius 2 is 2.21 bits per heavy atom. The number of amides is 1. The maximum atomic E-state index is 11.0. The molecule has 2 rings (SSSR count). The molecule has 4 N–H and O–H groups in total. The molecule has 0 aromatic heterocycles. The third kappa shape index (κ3) is 1.40. The fourth-order valence-corrected chi connectivity index (χ4v) is 2.08. The zero-order valence-corrected chi connectivity index (χ0v) is 7.46. The number of hydrogen-bond donors (Lipinski definition) is 4. The summed E-state index contributed by atoms with van der Waals surface area (Å²) in [6.45, 7) is -0.365. The molecule has 2 saturated heterocycles. The van der Waals surface area contributed by atoms with Gasteiger partial charge in [0.2, 0.25) is 5.91 Å². The molecule has 2 fully saturated rings. The van der Waals surface area contributed by atoms with Crippen LogP contribution >= 0.6 is 0 Å². The van der Waals surface area contributed by atoms with Crippen LogP contribution < -0.4 is 5.32 Å². The summed E-state index contributed by atoms with van der Waals surface area (Å²) in [4.78, 5) is 11.0. The predicted octanol–water partition coefficient (Wildman–Crippen LogP) is -2.44. The topological polar surface area (TPSA) is 99.0 Å². The number of ether oxygens (including phenoxy) is 1. The first-order chi connectivity index (χ1) is 6.63. The van der Waals surface area contributed by atoms with E-state index in [4.69, 9.17) is 9.84 Å². The maximum Gasteiger partial charge on any atom is 0.220 e. The van der Waals surface area contributed by atoms with E-state index in [-0.39, 0.29) is 24.9 Å². The van der Waals surface area contributed by atoms with Crippen LogP contribution in [0.1, 0.15) is 6.42 Å². The zero-order chi connectivity index (χ0) is 10.3. The molecule has 5 atom stereocenters. The number of rotatable bonds is 1. The van der Waals surface area contributed by atoms with Crippen LogP contribution in [0, 0.1) is 5.92 Å². The molecule has 6 nitrogen and oxygen atoms in total. The highest BCUT2D eigenvalue weighted by atomic mass is 16.6. The Bertz CT molecular complexity index is 246. The van der Waals surface area contributed by atoms with Gasteiger partial charge in [-0.25, -0.2) is 0 Å². The van der Waals surface area contributed by atoms with E-state index in [0.29, 0.717) is 0 Å². The number of carbonyl (C=O) groups is 1. The van der Waals surface area contributed by atoms with Gasteiger partial charge in [-0.05, 0) is 0 Å². The zero-order valence-electron chi connectivity index (χ0n) is 7.46. The predicted molar refractivity (Wildman–Crippen MR) is 44.0 cm³/mol. The summed E-state index contributed by atoms with van der Waals surface area (Å²) in [7, 11) is 0. The van der Waals surface area contributed by atoms with E-state index in [1.807, 2.05) is 0 Å². The Hall–Kier alpha value is -0.690. The van der Waals surface area contributed by atoms with Crippen molar-refractivity contribution in [2.75, 3.05) is 6.61 Å². The van der Waals surface area contributed by atoms with Gasteiger partial charge < -0.3 is 25.4 Å². The normalized spacial score (nSPS) is 47.4. The second-order valence-corrected chi connectivity index (χ2v) is 3.70. The van der Waals surface area contributed by atoms with Crippen molar-refractivity contribution in [3.8, 4) is 0 Å². The third-order valence-corrected chi connectivity index (χ3v) is 2.83. The first kappa shape index (κ1) is 9.85. The van der Waals surface area contributed by atoms with E-state index in [2.05, 4.69) is 5.32 Å². The minimum atomic E-state index is -1.15. The minimum absolute atomic E-state index is 0.169. The first-order valence-corrected chi connectivity index (χ1v) is 4.55. The van der Waals surface area contributed by atoms with Gasteiger partial charge in [0.15, 0.2) is 6.29 Å². The molecule has 2 aliphatic heterocycles. The molecule has 0 aromatic rings. The van der Waals surface area contributed by atoms with E-state index in [1.54, 1.807) is 0 Å². The molecule has 6 heteroatoms. The molecule has 0 aromatic carbocycles. The Kier molecular flexibility index (Phi) is 2.44. The van der Waals surface area contributed by atoms with Gasteiger partial charge in [0.25, 0.3) is 0 Å². The van der Waals surface area contributed by atoms with Crippen LogP contribution in [0.5, 0.6) is 0 Å². The standard InChI is InChI=1S/C8H13NO5/c10-2-4-7(12)3-1-5(11)9-6(3)8(13)14-4/h3-4,6-8,10,12-13H,1-2H2,(H,9,11)/t3-,4-,6-,7+,8?/m1/s1. The van der Waals surface area contributed by atoms with Crippen LogP contribution in [0.25, 0.3) is 0 Å². The maximum absolute atomic E-state index is 11.0. The molecule has 0 bridgehead atoms. The molecule has 14 heavy (non-hydrogen) atoms. The van der Waals surface area contributed by atoms with Crippen molar-refractivity contribution in [1.29, 1.82) is 0 Å². The van der Waals surface area contributed by atoms with Gasteiger partial charge in [0.05, 0.1) is 18.8 Å². The molecule has 1 amide bonds. The molecule has 0 aliphatic carbocycles. The smallest absolute Gasteiger partial charge is 0.220 e. The van der Waals surface area contributed by atoms with Crippen LogP contribution in [-0.4, -0.2) is 52.4 Å². The molecule has 0 spiro atoms. The van der Waals surface area contributed by atoms with Crippen molar-refractivity contribution in [3.05, 3.63) is 0 Å². The van der Waals surface area contributed by atoms with Crippen LogP contribution in [0.3, 0.4) is 0 Å². The molecular formula is C8H13NO5. The van der Waals surface area contributed by atoms with Gasteiger partial charge in [0, 0.05) is 12.3 Å². The molecule has 0 radical (unpaired) electrons. The SMILES string of the molecule is O=C1C[C@H]2[C@H](O)[C@@H](CO)OC(O)[C@@H]2N1. The lowest BCUT2D eigenvalue weighted by Gasteiger charge is -2.38. The van der Waals surface area contributed by atoms with Crippen molar-refractivity contribution in [2.24, 2.45) is 5.92 Å². The Morgan fingerprint density at radius 1 is 1.50 bits per heavy atom. The van der Waals surface area contributed by atoms with Gasteiger partial charge in [-0.15, -0.1) is 0 Å². The summed E-state index contributed by atoms with van der Waals surface area (Å²) in [6.07, 6.45) is -2.69. The van der Waals surface area contributed by atoms with Crippen LogP contribution in [-0.2, 0) is 9.53 Å². The van der Waals surface area contributed by atoms with Crippen molar-refractivity contribution in [3.63, 3.8) is 0 Å². The van der Waals surface area contributed by atoms with Gasteiger partial charge in [0.1, 0.15) is 6.10 Å². The summed E-state index contributed by atoms with van der Waals surface area (Å²) in [6, 6.07) is -0.555. The molecule has 2 heterocycles. The van der Waals surface area contributed by atoms with Gasteiger partial charge >= 0.3 is 0 Å². The lowest BCUT2D eigenvalue weighted by Crippen LogP contribution is -2.56. The number of hydrogen-bond acceptors (Lipinski definition) is 5. The average Bonchev–Trinajstić information content (AvgIpc) is 2.54. The first-order valence-electron chi connectivity index (χ1n) is 4.55. The van der Waals surface area contributed by atoms with E-state index in [0.717, 1.165) is 0 Å². The summed E-state index contributed by atoms with van der Waals surface area (Å²) in [5.41, 5.74) is 0. The van der Waals surface area contributed by atoms with Gasteiger partial charge in [-0.3, -0.25) is 4.79 Å². The van der Waals surface area contributed by atoms with Crippen LogP contribution in [0.15, 0.2) is 0 Å². The van der Waals surface area contributed by atoms with Crippen molar-refractivity contribution < 1.29 is 24.9 Å². The number of aliphatic hydroxyl groups excluding tert-OH is 3. The number of nitrogens with one attached hydrogen (secondary N) is 1. The van der Waals surface area contributed by atoms with Crippen LogP contribution in [0.4, 0.5) is 0 Å². The summed E-state index contributed by atoms with van der Waals surface area (Å²) in [5, 5.41) is 30.5. The van der Waals surface area contributed by atoms with Crippen LogP contribution in [0.2, 0.25) is 0 Å². The lowest BCUT2D eigenvalue weighted by atomic mass is 9.88. The largest absolute Gasteiger partial charge is 0.394 e. The number of aliphatic hydroxyl groups is 3. The highest BCUT2D eigenvalue weighted by Gasteiger charge is 2.49.